The lowest BCUT2D eigenvalue weighted by atomic mass is 10.0. The molecule has 0 radical (unpaired) electrons. The van der Waals surface area contributed by atoms with Crippen LogP contribution < -0.4 is 5.32 Å². The molecule has 1 aliphatic carbocycles. The molecule has 5 heteroatoms. The standard InChI is InChI=1S/C15H22N4O/c1-2-12-9-14(17-10-16-12)18-13-5-7-19(8-6-13)15(20)11-3-4-11/h9-11,13H,2-8H2,1H3,(H,16,17,18). The minimum absolute atomic E-state index is 0.341. The topological polar surface area (TPSA) is 58.1 Å². The number of rotatable bonds is 4. The molecule has 0 unspecified atom stereocenters. The van der Waals surface area contributed by atoms with Crippen molar-refractivity contribution in [2.75, 3.05) is 18.4 Å². The maximum absolute atomic E-state index is 12.0. The average molecular weight is 274 g/mol. The van der Waals surface area contributed by atoms with Gasteiger partial charge in [-0.3, -0.25) is 4.79 Å². The number of hydrogen-bond donors (Lipinski definition) is 1. The van der Waals surface area contributed by atoms with Gasteiger partial charge >= 0.3 is 0 Å². The van der Waals surface area contributed by atoms with E-state index in [0.717, 1.165) is 56.7 Å². The van der Waals surface area contributed by atoms with E-state index < -0.39 is 0 Å². The van der Waals surface area contributed by atoms with E-state index in [0.29, 0.717) is 17.9 Å². The minimum atomic E-state index is 0.341. The average Bonchev–Trinajstić information content (AvgIpc) is 3.32. The largest absolute Gasteiger partial charge is 0.367 e. The van der Waals surface area contributed by atoms with Gasteiger partial charge in [-0.2, -0.15) is 0 Å². The van der Waals surface area contributed by atoms with Crippen molar-refractivity contribution in [3.8, 4) is 0 Å². The Labute approximate surface area is 119 Å². The fourth-order valence-corrected chi connectivity index (χ4v) is 2.71. The quantitative estimate of drug-likeness (QED) is 0.910. The summed E-state index contributed by atoms with van der Waals surface area (Å²) in [4.78, 5) is 22.5. The second-order valence-electron chi connectivity index (χ2n) is 5.77. The Balaban J connectivity index is 1.51. The second-order valence-corrected chi connectivity index (χ2v) is 5.77. The third-order valence-corrected chi connectivity index (χ3v) is 4.17. The minimum Gasteiger partial charge on any atom is -0.367 e. The number of carbonyl (C=O) groups excluding carboxylic acids is 1. The van der Waals surface area contributed by atoms with Crippen molar-refractivity contribution in [1.82, 2.24) is 14.9 Å². The van der Waals surface area contributed by atoms with E-state index in [1.54, 1.807) is 6.33 Å². The maximum atomic E-state index is 12.0. The van der Waals surface area contributed by atoms with Crippen molar-refractivity contribution >= 4 is 11.7 Å². The molecule has 0 atom stereocenters. The summed E-state index contributed by atoms with van der Waals surface area (Å²) in [5.74, 6) is 1.62. The van der Waals surface area contributed by atoms with Crippen LogP contribution >= 0.6 is 0 Å². The Morgan fingerprint density at radius 1 is 1.30 bits per heavy atom. The predicted octanol–water partition coefficient (Wildman–Crippen LogP) is 1.85. The molecule has 1 amide bonds. The smallest absolute Gasteiger partial charge is 0.225 e. The Kier molecular flexibility index (Phi) is 3.85. The van der Waals surface area contributed by atoms with Gasteiger partial charge in [0.2, 0.25) is 5.91 Å². The van der Waals surface area contributed by atoms with Crippen LogP contribution in [0.3, 0.4) is 0 Å². The van der Waals surface area contributed by atoms with Crippen LogP contribution in [0.15, 0.2) is 12.4 Å². The second kappa shape index (κ2) is 5.77. The van der Waals surface area contributed by atoms with Crippen molar-refractivity contribution < 1.29 is 4.79 Å². The van der Waals surface area contributed by atoms with Crippen molar-refractivity contribution in [2.24, 2.45) is 5.92 Å². The first-order chi connectivity index (χ1) is 9.76. The van der Waals surface area contributed by atoms with Gasteiger partial charge in [0.25, 0.3) is 0 Å². The van der Waals surface area contributed by atoms with E-state index in [1.807, 2.05) is 11.0 Å². The van der Waals surface area contributed by atoms with Gasteiger partial charge in [0, 0.05) is 36.8 Å². The van der Waals surface area contributed by atoms with E-state index in [4.69, 9.17) is 0 Å². The fourth-order valence-electron chi connectivity index (χ4n) is 2.71. The lowest BCUT2D eigenvalue weighted by Gasteiger charge is -2.32. The molecule has 108 valence electrons. The monoisotopic (exact) mass is 274 g/mol. The van der Waals surface area contributed by atoms with Crippen molar-refractivity contribution in [3.63, 3.8) is 0 Å². The normalized spacial score (nSPS) is 19.9. The van der Waals surface area contributed by atoms with Crippen LogP contribution in [0.4, 0.5) is 5.82 Å². The van der Waals surface area contributed by atoms with E-state index in [1.165, 1.54) is 0 Å². The summed E-state index contributed by atoms with van der Waals surface area (Å²) >= 11 is 0. The Morgan fingerprint density at radius 2 is 2.05 bits per heavy atom. The summed E-state index contributed by atoms with van der Waals surface area (Å²) < 4.78 is 0. The summed E-state index contributed by atoms with van der Waals surface area (Å²) in [6.07, 6.45) is 6.74. The van der Waals surface area contributed by atoms with Gasteiger partial charge in [-0.1, -0.05) is 6.92 Å². The van der Waals surface area contributed by atoms with Crippen LogP contribution in [0.2, 0.25) is 0 Å². The van der Waals surface area contributed by atoms with Gasteiger partial charge in [0.05, 0.1) is 0 Å². The SMILES string of the molecule is CCc1cc(NC2CCN(C(=O)C3CC3)CC2)ncn1. The molecule has 2 aliphatic rings. The first-order valence-corrected chi connectivity index (χ1v) is 7.62. The van der Waals surface area contributed by atoms with Crippen LogP contribution in [0.1, 0.15) is 38.3 Å². The number of anilines is 1. The zero-order chi connectivity index (χ0) is 13.9. The number of nitrogens with zero attached hydrogens (tertiary/aromatic N) is 3. The number of hydrogen-bond acceptors (Lipinski definition) is 4. The van der Waals surface area contributed by atoms with Gasteiger partial charge in [0.1, 0.15) is 12.1 Å². The molecule has 1 aromatic heterocycles. The van der Waals surface area contributed by atoms with Crippen molar-refractivity contribution in [3.05, 3.63) is 18.1 Å². The van der Waals surface area contributed by atoms with Crippen molar-refractivity contribution in [1.29, 1.82) is 0 Å². The third kappa shape index (κ3) is 3.08. The Morgan fingerprint density at radius 3 is 2.70 bits per heavy atom. The number of nitrogens with one attached hydrogen (secondary N) is 1. The number of aromatic nitrogens is 2. The van der Waals surface area contributed by atoms with Gasteiger partial charge in [-0.15, -0.1) is 0 Å². The number of carbonyl (C=O) groups is 1. The summed E-state index contributed by atoms with van der Waals surface area (Å²) in [6, 6.07) is 2.43. The van der Waals surface area contributed by atoms with Crippen LogP contribution in [0.5, 0.6) is 0 Å². The van der Waals surface area contributed by atoms with Gasteiger partial charge < -0.3 is 10.2 Å². The molecular formula is C15H22N4O. The van der Waals surface area contributed by atoms with Gasteiger partial charge in [-0.25, -0.2) is 9.97 Å². The van der Waals surface area contributed by atoms with E-state index >= 15 is 0 Å². The Hall–Kier alpha value is -1.65. The molecule has 3 rings (SSSR count). The molecule has 1 N–H and O–H groups in total. The van der Waals surface area contributed by atoms with Crippen LogP contribution in [0.25, 0.3) is 0 Å². The summed E-state index contributed by atoms with van der Waals surface area (Å²) in [5, 5.41) is 3.47. The van der Waals surface area contributed by atoms with Gasteiger partial charge in [0.15, 0.2) is 0 Å². The van der Waals surface area contributed by atoms with Crippen molar-refractivity contribution in [2.45, 2.75) is 45.1 Å². The van der Waals surface area contributed by atoms with E-state index in [9.17, 15) is 4.79 Å². The summed E-state index contributed by atoms with van der Waals surface area (Å²) in [7, 11) is 0. The fraction of sp³-hybridized carbons (Fsp3) is 0.667. The molecule has 2 fully saturated rings. The molecule has 1 aromatic rings. The lowest BCUT2D eigenvalue weighted by molar-refractivity contribution is -0.133. The number of piperidine rings is 1. The van der Waals surface area contributed by atoms with Crippen LogP contribution in [0, 0.1) is 5.92 Å². The zero-order valence-electron chi connectivity index (χ0n) is 12.0. The van der Waals surface area contributed by atoms with Crippen LogP contribution in [-0.4, -0.2) is 39.9 Å². The molecule has 0 spiro atoms. The highest BCUT2D eigenvalue weighted by Gasteiger charge is 2.34. The highest BCUT2D eigenvalue weighted by atomic mass is 16.2. The molecule has 20 heavy (non-hydrogen) atoms. The molecule has 1 saturated heterocycles. The first kappa shape index (κ1) is 13.3. The molecule has 1 saturated carbocycles. The maximum Gasteiger partial charge on any atom is 0.225 e. The summed E-state index contributed by atoms with van der Waals surface area (Å²) in [5.41, 5.74) is 1.06. The highest BCUT2D eigenvalue weighted by molar-refractivity contribution is 5.81. The molecule has 1 aliphatic heterocycles. The number of amides is 1. The van der Waals surface area contributed by atoms with Gasteiger partial charge in [-0.05, 0) is 32.1 Å². The van der Waals surface area contributed by atoms with Crippen LogP contribution in [-0.2, 0) is 11.2 Å². The first-order valence-electron chi connectivity index (χ1n) is 7.62. The molecule has 0 aromatic carbocycles. The molecule has 2 heterocycles. The molecular weight excluding hydrogens is 252 g/mol. The van der Waals surface area contributed by atoms with E-state index in [-0.39, 0.29) is 0 Å². The zero-order valence-corrected chi connectivity index (χ0v) is 12.0. The predicted molar refractivity (Wildman–Crippen MR) is 77.4 cm³/mol. The molecule has 0 bridgehead atoms. The Bertz CT molecular complexity index is 479. The lowest BCUT2D eigenvalue weighted by Crippen LogP contribution is -2.43. The number of likely N-dealkylation sites (tertiary alicyclic amines) is 1. The third-order valence-electron chi connectivity index (χ3n) is 4.17. The number of aryl methyl sites for hydroxylation is 1. The molecule has 5 nitrogen and oxygen atoms in total. The van der Waals surface area contributed by atoms with E-state index in [2.05, 4.69) is 22.2 Å². The highest BCUT2D eigenvalue weighted by Crippen LogP contribution is 2.32. The summed E-state index contributed by atoms with van der Waals surface area (Å²) in [6.45, 7) is 3.84.